The lowest BCUT2D eigenvalue weighted by atomic mass is 9.98. The molecule has 0 saturated carbocycles. The molecule has 4 nitrogen and oxygen atoms in total. The Morgan fingerprint density at radius 3 is 2.67 bits per heavy atom. The van der Waals surface area contributed by atoms with Crippen molar-refractivity contribution in [3.63, 3.8) is 0 Å². The summed E-state index contributed by atoms with van der Waals surface area (Å²) in [6, 6.07) is 9.84. The normalized spacial score (nSPS) is 18.3. The van der Waals surface area contributed by atoms with E-state index in [2.05, 4.69) is 10.3 Å². The SMILES string of the molecule is O=C(CCc1ccncc1)N[C@@H](c1ccc(F)cc1)[C@@H]1CCCO1. The summed E-state index contributed by atoms with van der Waals surface area (Å²) >= 11 is 0. The van der Waals surface area contributed by atoms with E-state index in [0.717, 1.165) is 24.0 Å². The molecule has 0 bridgehead atoms. The summed E-state index contributed by atoms with van der Waals surface area (Å²) in [7, 11) is 0. The Bertz CT molecular complexity index is 655. The number of aromatic nitrogens is 1. The van der Waals surface area contributed by atoms with Crippen molar-refractivity contribution in [1.82, 2.24) is 10.3 Å². The minimum atomic E-state index is -0.283. The Labute approximate surface area is 141 Å². The molecule has 1 fully saturated rings. The minimum absolute atomic E-state index is 0.0309. The highest BCUT2D eigenvalue weighted by Crippen LogP contribution is 2.27. The zero-order valence-corrected chi connectivity index (χ0v) is 13.5. The number of nitrogens with zero attached hydrogens (tertiary/aromatic N) is 1. The topological polar surface area (TPSA) is 51.2 Å². The van der Waals surface area contributed by atoms with Crippen molar-refractivity contribution in [2.45, 2.75) is 37.8 Å². The number of halogens is 1. The third-order valence-electron chi connectivity index (χ3n) is 4.27. The molecule has 2 aromatic rings. The van der Waals surface area contributed by atoms with Crippen molar-refractivity contribution in [3.8, 4) is 0 Å². The van der Waals surface area contributed by atoms with E-state index in [1.807, 2.05) is 12.1 Å². The van der Waals surface area contributed by atoms with Gasteiger partial charge in [-0.2, -0.15) is 0 Å². The van der Waals surface area contributed by atoms with E-state index >= 15 is 0 Å². The molecule has 2 heterocycles. The van der Waals surface area contributed by atoms with Gasteiger partial charge < -0.3 is 10.1 Å². The van der Waals surface area contributed by atoms with Gasteiger partial charge in [-0.1, -0.05) is 12.1 Å². The standard InChI is InChI=1S/C19H21FN2O2/c20-16-6-4-15(5-7-16)19(17-2-1-13-24-17)22-18(23)8-3-14-9-11-21-12-10-14/h4-7,9-12,17,19H,1-3,8,13H2,(H,22,23)/t17-,19-/m0/s1. The fourth-order valence-corrected chi connectivity index (χ4v) is 2.98. The van der Waals surface area contributed by atoms with Gasteiger partial charge in [-0.05, 0) is 54.7 Å². The molecule has 5 heteroatoms. The molecule has 24 heavy (non-hydrogen) atoms. The van der Waals surface area contributed by atoms with Crippen LogP contribution in [0.1, 0.15) is 36.4 Å². The third-order valence-corrected chi connectivity index (χ3v) is 4.27. The largest absolute Gasteiger partial charge is 0.376 e. The van der Waals surface area contributed by atoms with Gasteiger partial charge in [0.1, 0.15) is 5.82 Å². The van der Waals surface area contributed by atoms with E-state index in [4.69, 9.17) is 4.74 Å². The van der Waals surface area contributed by atoms with Crippen LogP contribution in [-0.4, -0.2) is 23.6 Å². The predicted molar refractivity (Wildman–Crippen MR) is 88.8 cm³/mol. The zero-order chi connectivity index (χ0) is 16.8. The molecule has 0 spiro atoms. The molecule has 1 aromatic carbocycles. The van der Waals surface area contributed by atoms with Gasteiger partial charge in [0.25, 0.3) is 0 Å². The van der Waals surface area contributed by atoms with Crippen LogP contribution in [0.5, 0.6) is 0 Å². The average Bonchev–Trinajstić information content (AvgIpc) is 3.14. The first kappa shape index (κ1) is 16.6. The lowest BCUT2D eigenvalue weighted by Crippen LogP contribution is -2.36. The van der Waals surface area contributed by atoms with Crippen LogP contribution in [0.4, 0.5) is 4.39 Å². The van der Waals surface area contributed by atoms with Gasteiger partial charge in [0.2, 0.25) is 5.91 Å². The molecule has 2 atom stereocenters. The number of hydrogen-bond donors (Lipinski definition) is 1. The fraction of sp³-hybridized carbons (Fsp3) is 0.368. The number of carbonyl (C=O) groups excluding carboxylic acids is 1. The number of rotatable bonds is 6. The van der Waals surface area contributed by atoms with Crippen LogP contribution in [0.25, 0.3) is 0 Å². The molecule has 3 rings (SSSR count). The van der Waals surface area contributed by atoms with Crippen LogP contribution in [-0.2, 0) is 16.0 Å². The Balaban J connectivity index is 1.64. The first-order chi connectivity index (χ1) is 11.7. The number of nitrogens with one attached hydrogen (secondary N) is 1. The average molecular weight is 328 g/mol. The fourth-order valence-electron chi connectivity index (χ4n) is 2.98. The number of ether oxygens (including phenoxy) is 1. The van der Waals surface area contributed by atoms with Crippen molar-refractivity contribution >= 4 is 5.91 Å². The first-order valence-electron chi connectivity index (χ1n) is 8.28. The number of pyridine rings is 1. The molecule has 1 saturated heterocycles. The van der Waals surface area contributed by atoms with Crippen LogP contribution in [0, 0.1) is 5.82 Å². The van der Waals surface area contributed by atoms with Gasteiger partial charge in [0, 0.05) is 25.4 Å². The van der Waals surface area contributed by atoms with E-state index < -0.39 is 0 Å². The van der Waals surface area contributed by atoms with Gasteiger partial charge >= 0.3 is 0 Å². The molecular formula is C19H21FN2O2. The molecule has 126 valence electrons. The second-order valence-corrected chi connectivity index (χ2v) is 6.00. The van der Waals surface area contributed by atoms with Crippen LogP contribution in [0.2, 0.25) is 0 Å². The summed E-state index contributed by atoms with van der Waals surface area (Å²) in [5.74, 6) is -0.314. The smallest absolute Gasteiger partial charge is 0.220 e. The number of benzene rings is 1. The Kier molecular flexibility index (Phi) is 5.54. The van der Waals surface area contributed by atoms with Crippen molar-refractivity contribution in [3.05, 3.63) is 65.7 Å². The number of hydrogen-bond acceptors (Lipinski definition) is 3. The lowest BCUT2D eigenvalue weighted by Gasteiger charge is -2.25. The summed E-state index contributed by atoms with van der Waals surface area (Å²) in [4.78, 5) is 16.3. The molecule has 1 aliphatic rings. The first-order valence-corrected chi connectivity index (χ1v) is 8.28. The van der Waals surface area contributed by atoms with Crippen LogP contribution < -0.4 is 5.32 Å². The Morgan fingerprint density at radius 2 is 2.00 bits per heavy atom. The van der Waals surface area contributed by atoms with Gasteiger partial charge in [-0.15, -0.1) is 0 Å². The summed E-state index contributed by atoms with van der Waals surface area (Å²) in [5.41, 5.74) is 1.95. The molecule has 1 aliphatic heterocycles. The van der Waals surface area contributed by atoms with Gasteiger partial charge in [-0.25, -0.2) is 4.39 Å². The second-order valence-electron chi connectivity index (χ2n) is 6.00. The molecular weight excluding hydrogens is 307 g/mol. The van der Waals surface area contributed by atoms with Crippen molar-refractivity contribution < 1.29 is 13.9 Å². The molecule has 0 unspecified atom stereocenters. The minimum Gasteiger partial charge on any atom is -0.376 e. The maximum Gasteiger partial charge on any atom is 0.220 e. The summed E-state index contributed by atoms with van der Waals surface area (Å²) < 4.78 is 18.9. The van der Waals surface area contributed by atoms with E-state index in [1.165, 1.54) is 12.1 Å². The lowest BCUT2D eigenvalue weighted by molar-refractivity contribution is -0.122. The van der Waals surface area contributed by atoms with Gasteiger partial charge in [-0.3, -0.25) is 9.78 Å². The highest BCUT2D eigenvalue weighted by atomic mass is 19.1. The highest BCUT2D eigenvalue weighted by molar-refractivity contribution is 5.76. The third kappa shape index (κ3) is 4.38. The van der Waals surface area contributed by atoms with Crippen molar-refractivity contribution in [2.75, 3.05) is 6.61 Å². The van der Waals surface area contributed by atoms with E-state index in [1.54, 1.807) is 24.5 Å². The molecule has 1 aromatic heterocycles. The van der Waals surface area contributed by atoms with Crippen molar-refractivity contribution in [1.29, 1.82) is 0 Å². The van der Waals surface area contributed by atoms with E-state index in [0.29, 0.717) is 19.4 Å². The summed E-state index contributed by atoms with van der Waals surface area (Å²) in [5, 5.41) is 3.06. The van der Waals surface area contributed by atoms with Crippen LogP contribution in [0.15, 0.2) is 48.8 Å². The molecule has 0 aliphatic carbocycles. The monoisotopic (exact) mass is 328 g/mol. The Morgan fingerprint density at radius 1 is 1.25 bits per heavy atom. The van der Waals surface area contributed by atoms with Gasteiger partial charge in [0.05, 0.1) is 12.1 Å². The molecule has 1 N–H and O–H groups in total. The van der Waals surface area contributed by atoms with E-state index in [-0.39, 0.29) is 23.9 Å². The quantitative estimate of drug-likeness (QED) is 0.886. The van der Waals surface area contributed by atoms with Crippen LogP contribution >= 0.6 is 0 Å². The number of amides is 1. The van der Waals surface area contributed by atoms with Gasteiger partial charge in [0.15, 0.2) is 0 Å². The maximum absolute atomic E-state index is 13.2. The Hall–Kier alpha value is -2.27. The summed E-state index contributed by atoms with van der Waals surface area (Å²) in [6.07, 6.45) is 6.33. The van der Waals surface area contributed by atoms with Crippen LogP contribution in [0.3, 0.4) is 0 Å². The highest BCUT2D eigenvalue weighted by Gasteiger charge is 2.28. The van der Waals surface area contributed by atoms with Crippen molar-refractivity contribution in [2.24, 2.45) is 0 Å². The number of carbonyl (C=O) groups is 1. The zero-order valence-electron chi connectivity index (χ0n) is 13.5. The summed E-state index contributed by atoms with van der Waals surface area (Å²) in [6.45, 7) is 0.704. The molecule has 1 amide bonds. The maximum atomic E-state index is 13.2. The predicted octanol–water partition coefficient (Wildman–Crippen LogP) is 3.19. The molecule has 0 radical (unpaired) electrons. The van der Waals surface area contributed by atoms with E-state index in [9.17, 15) is 9.18 Å². The second kappa shape index (κ2) is 8.02. The number of aryl methyl sites for hydroxylation is 1.